The van der Waals surface area contributed by atoms with Gasteiger partial charge in [0.05, 0.1) is 0 Å². The molecule has 0 N–H and O–H groups in total. The van der Waals surface area contributed by atoms with Gasteiger partial charge in [-0.15, -0.1) is 0 Å². The summed E-state index contributed by atoms with van der Waals surface area (Å²) in [7, 11) is 0. The van der Waals surface area contributed by atoms with E-state index in [-0.39, 0.29) is 11.6 Å². The van der Waals surface area contributed by atoms with E-state index in [1.165, 1.54) is 6.92 Å². The predicted molar refractivity (Wildman–Crippen MR) is 58.2 cm³/mol. The van der Waals surface area contributed by atoms with E-state index in [4.69, 9.17) is 9.47 Å². The highest BCUT2D eigenvalue weighted by Gasteiger charge is 2.42. The predicted octanol–water partition coefficient (Wildman–Crippen LogP) is 2.58. The second-order valence-electron chi connectivity index (χ2n) is 4.50. The lowest BCUT2D eigenvalue weighted by molar-refractivity contribution is -0.150. The molecule has 15 heavy (non-hydrogen) atoms. The zero-order valence-corrected chi connectivity index (χ0v) is 9.79. The van der Waals surface area contributed by atoms with Gasteiger partial charge in [0, 0.05) is 13.3 Å². The van der Waals surface area contributed by atoms with Gasteiger partial charge in [-0.2, -0.15) is 0 Å². The summed E-state index contributed by atoms with van der Waals surface area (Å²) in [5.74, 6) is 0.648. The van der Waals surface area contributed by atoms with Gasteiger partial charge in [0.2, 0.25) is 0 Å². The molecule has 3 heteroatoms. The fourth-order valence-corrected chi connectivity index (χ4v) is 1.33. The average molecular weight is 210 g/mol. The van der Waals surface area contributed by atoms with Crippen molar-refractivity contribution in [2.45, 2.75) is 45.3 Å². The standard InChI is InChI=1S/C12H18O3/c1-6-12(5,14-9(2)13)8-7-10-11(3,4)15-10/h6-7H,1,8H2,2-5H3. The molecule has 0 spiro atoms. The summed E-state index contributed by atoms with van der Waals surface area (Å²) in [6, 6.07) is 0. The Labute approximate surface area is 90.8 Å². The van der Waals surface area contributed by atoms with E-state index in [0.29, 0.717) is 6.42 Å². The van der Waals surface area contributed by atoms with Crippen LogP contribution < -0.4 is 0 Å². The van der Waals surface area contributed by atoms with E-state index in [0.717, 1.165) is 5.76 Å². The third-order valence-electron chi connectivity index (χ3n) is 2.42. The third-order valence-corrected chi connectivity index (χ3v) is 2.42. The Morgan fingerprint density at radius 1 is 1.67 bits per heavy atom. The molecule has 0 aromatic carbocycles. The first-order chi connectivity index (χ1) is 6.79. The molecule has 1 aliphatic rings. The molecular weight excluding hydrogens is 192 g/mol. The van der Waals surface area contributed by atoms with Crippen LogP contribution in [0.2, 0.25) is 0 Å². The van der Waals surface area contributed by atoms with Crippen LogP contribution in [0.3, 0.4) is 0 Å². The Balaban J connectivity index is 2.58. The fraction of sp³-hybridized carbons (Fsp3) is 0.583. The second-order valence-corrected chi connectivity index (χ2v) is 4.50. The minimum atomic E-state index is -0.638. The van der Waals surface area contributed by atoms with Crippen LogP contribution in [-0.4, -0.2) is 17.2 Å². The molecule has 84 valence electrons. The summed E-state index contributed by atoms with van der Waals surface area (Å²) in [6.45, 7) is 10.9. The van der Waals surface area contributed by atoms with E-state index in [2.05, 4.69) is 6.58 Å². The zero-order chi connectivity index (χ0) is 11.7. The molecule has 3 nitrogen and oxygen atoms in total. The number of ether oxygens (including phenoxy) is 2. The van der Waals surface area contributed by atoms with Gasteiger partial charge in [-0.05, 0) is 32.9 Å². The van der Waals surface area contributed by atoms with Gasteiger partial charge in [0.1, 0.15) is 11.4 Å². The summed E-state index contributed by atoms with van der Waals surface area (Å²) in [5, 5.41) is 0. The molecule has 1 unspecified atom stereocenters. The summed E-state index contributed by atoms with van der Waals surface area (Å²) in [5.41, 5.74) is -0.779. The molecular formula is C12H18O3. The largest absolute Gasteiger partial charge is 0.480 e. The summed E-state index contributed by atoms with van der Waals surface area (Å²) >= 11 is 0. The molecule has 1 aliphatic heterocycles. The number of esters is 1. The minimum absolute atomic E-state index is 0.141. The Morgan fingerprint density at radius 2 is 2.20 bits per heavy atom. The van der Waals surface area contributed by atoms with Crippen LogP contribution >= 0.6 is 0 Å². The minimum Gasteiger partial charge on any atom is -0.480 e. The van der Waals surface area contributed by atoms with Crippen LogP contribution in [0.25, 0.3) is 0 Å². The first kappa shape index (κ1) is 11.8. The number of carbonyl (C=O) groups excluding carboxylic acids is 1. The maximum absolute atomic E-state index is 10.9. The van der Waals surface area contributed by atoms with E-state index in [1.54, 1.807) is 6.08 Å². The van der Waals surface area contributed by atoms with Crippen LogP contribution in [0.5, 0.6) is 0 Å². The lowest BCUT2D eigenvalue weighted by Gasteiger charge is -2.23. The van der Waals surface area contributed by atoms with E-state index >= 15 is 0 Å². The monoisotopic (exact) mass is 210 g/mol. The van der Waals surface area contributed by atoms with Crippen LogP contribution in [0.1, 0.15) is 34.1 Å². The van der Waals surface area contributed by atoms with Crippen LogP contribution in [0.15, 0.2) is 24.5 Å². The van der Waals surface area contributed by atoms with Gasteiger partial charge in [0.15, 0.2) is 5.60 Å². The van der Waals surface area contributed by atoms with E-state index < -0.39 is 5.60 Å². The van der Waals surface area contributed by atoms with Crippen molar-refractivity contribution in [3.63, 3.8) is 0 Å². The van der Waals surface area contributed by atoms with Crippen molar-refractivity contribution in [1.29, 1.82) is 0 Å². The van der Waals surface area contributed by atoms with Crippen molar-refractivity contribution in [3.8, 4) is 0 Å². The highest BCUT2D eigenvalue weighted by molar-refractivity contribution is 5.66. The lowest BCUT2D eigenvalue weighted by atomic mass is 10.0. The molecule has 0 saturated carbocycles. The fourth-order valence-electron chi connectivity index (χ4n) is 1.33. The third kappa shape index (κ3) is 3.11. The number of hydrogen-bond acceptors (Lipinski definition) is 3. The Morgan fingerprint density at radius 3 is 2.53 bits per heavy atom. The van der Waals surface area contributed by atoms with Crippen LogP contribution in [-0.2, 0) is 14.3 Å². The van der Waals surface area contributed by atoms with Crippen LogP contribution in [0.4, 0.5) is 0 Å². The normalized spacial score (nSPS) is 23.9. The maximum Gasteiger partial charge on any atom is 0.303 e. The smallest absolute Gasteiger partial charge is 0.303 e. The Kier molecular flexibility index (Phi) is 2.93. The number of carbonyl (C=O) groups is 1. The number of rotatable bonds is 4. The zero-order valence-electron chi connectivity index (χ0n) is 9.79. The van der Waals surface area contributed by atoms with Gasteiger partial charge >= 0.3 is 5.97 Å². The highest BCUT2D eigenvalue weighted by Crippen LogP contribution is 2.40. The quantitative estimate of drug-likeness (QED) is 0.406. The lowest BCUT2D eigenvalue weighted by Crippen LogP contribution is -2.27. The van der Waals surface area contributed by atoms with E-state index in [9.17, 15) is 4.79 Å². The molecule has 0 bridgehead atoms. The number of hydrogen-bond donors (Lipinski definition) is 0. The van der Waals surface area contributed by atoms with Gasteiger partial charge in [-0.1, -0.05) is 6.58 Å². The van der Waals surface area contributed by atoms with Gasteiger partial charge in [-0.25, -0.2) is 0 Å². The van der Waals surface area contributed by atoms with Gasteiger partial charge in [-0.3, -0.25) is 4.79 Å². The molecule has 0 aromatic heterocycles. The molecule has 1 atom stereocenters. The van der Waals surface area contributed by atoms with E-state index in [1.807, 2.05) is 26.8 Å². The first-order valence-electron chi connectivity index (χ1n) is 5.02. The Bertz CT molecular complexity index is 315. The summed E-state index contributed by atoms with van der Waals surface area (Å²) < 4.78 is 10.5. The van der Waals surface area contributed by atoms with Crippen molar-refractivity contribution < 1.29 is 14.3 Å². The molecule has 0 amide bonds. The van der Waals surface area contributed by atoms with Crippen molar-refractivity contribution in [1.82, 2.24) is 0 Å². The summed E-state index contributed by atoms with van der Waals surface area (Å²) in [6.07, 6.45) is 4.18. The van der Waals surface area contributed by atoms with Crippen molar-refractivity contribution in [3.05, 3.63) is 24.5 Å². The molecule has 1 fully saturated rings. The molecule has 0 radical (unpaired) electrons. The topological polar surface area (TPSA) is 38.8 Å². The molecule has 1 rings (SSSR count). The van der Waals surface area contributed by atoms with Crippen molar-refractivity contribution >= 4 is 5.97 Å². The first-order valence-corrected chi connectivity index (χ1v) is 5.02. The maximum atomic E-state index is 10.9. The average Bonchev–Trinajstić information content (AvgIpc) is 2.70. The van der Waals surface area contributed by atoms with Crippen molar-refractivity contribution in [2.24, 2.45) is 0 Å². The van der Waals surface area contributed by atoms with Gasteiger partial charge < -0.3 is 9.47 Å². The summed E-state index contributed by atoms with van der Waals surface area (Å²) in [4.78, 5) is 10.9. The molecule has 0 aliphatic carbocycles. The van der Waals surface area contributed by atoms with Gasteiger partial charge in [0.25, 0.3) is 0 Å². The Hall–Kier alpha value is -1.25. The number of epoxide rings is 1. The molecule has 0 aromatic rings. The molecule has 1 heterocycles. The second kappa shape index (κ2) is 3.72. The highest BCUT2D eigenvalue weighted by atomic mass is 16.6. The van der Waals surface area contributed by atoms with Crippen LogP contribution in [0, 0.1) is 0 Å². The molecule has 1 saturated heterocycles. The SMILES string of the molecule is C=CC(C)(CC=C1OC1(C)C)OC(C)=O. The van der Waals surface area contributed by atoms with Crippen molar-refractivity contribution in [2.75, 3.05) is 0 Å².